The molecule has 88 valence electrons. The average Bonchev–Trinajstić information content (AvgIpc) is 2.46. The number of nitrogens with zero attached hydrogens (tertiary/aromatic N) is 1. The predicted octanol–water partition coefficient (Wildman–Crippen LogP) is 2.31. The SMILES string of the molecule is C[C@H]1OC(C)(c2ccnc(Cl)c2N)O[C@@H]1C. The third-order valence-corrected chi connectivity index (χ3v) is 3.21. The van der Waals surface area contributed by atoms with Crippen LogP contribution in [0.15, 0.2) is 12.3 Å². The van der Waals surface area contributed by atoms with E-state index >= 15 is 0 Å². The van der Waals surface area contributed by atoms with Gasteiger partial charge < -0.3 is 15.2 Å². The zero-order valence-corrected chi connectivity index (χ0v) is 10.3. The first-order valence-corrected chi connectivity index (χ1v) is 5.58. The molecule has 2 N–H and O–H groups in total. The van der Waals surface area contributed by atoms with Crippen LogP contribution in [0.4, 0.5) is 5.69 Å². The van der Waals surface area contributed by atoms with E-state index in [0.29, 0.717) is 5.69 Å². The molecule has 0 unspecified atom stereocenters. The van der Waals surface area contributed by atoms with Gasteiger partial charge in [-0.3, -0.25) is 0 Å². The lowest BCUT2D eigenvalue weighted by molar-refractivity contribution is -0.166. The fraction of sp³-hybridized carbons (Fsp3) is 0.545. The topological polar surface area (TPSA) is 57.4 Å². The van der Waals surface area contributed by atoms with Crippen LogP contribution in [-0.2, 0) is 15.3 Å². The molecule has 0 saturated carbocycles. The molecule has 2 heterocycles. The van der Waals surface area contributed by atoms with E-state index < -0.39 is 5.79 Å². The summed E-state index contributed by atoms with van der Waals surface area (Å²) in [4.78, 5) is 3.91. The number of hydrogen-bond donors (Lipinski definition) is 1. The molecule has 1 aromatic heterocycles. The van der Waals surface area contributed by atoms with Crippen LogP contribution in [0.2, 0.25) is 5.15 Å². The Bertz CT molecular complexity index is 401. The number of ether oxygens (including phenoxy) is 2. The van der Waals surface area contributed by atoms with E-state index in [1.54, 1.807) is 12.3 Å². The number of hydrogen-bond acceptors (Lipinski definition) is 4. The zero-order valence-electron chi connectivity index (χ0n) is 9.53. The van der Waals surface area contributed by atoms with Gasteiger partial charge in [0.05, 0.1) is 17.9 Å². The summed E-state index contributed by atoms with van der Waals surface area (Å²) in [5.74, 6) is -0.838. The Balaban J connectivity index is 2.41. The summed E-state index contributed by atoms with van der Waals surface area (Å²) in [5.41, 5.74) is 7.02. The van der Waals surface area contributed by atoms with Gasteiger partial charge >= 0.3 is 0 Å². The minimum Gasteiger partial charge on any atom is -0.396 e. The molecule has 0 aliphatic carbocycles. The highest BCUT2D eigenvalue weighted by molar-refractivity contribution is 6.31. The summed E-state index contributed by atoms with van der Waals surface area (Å²) < 4.78 is 11.6. The molecule has 1 aliphatic heterocycles. The maximum atomic E-state index is 5.88. The molecule has 16 heavy (non-hydrogen) atoms. The van der Waals surface area contributed by atoms with Gasteiger partial charge in [0, 0.05) is 11.8 Å². The minimum atomic E-state index is -0.838. The van der Waals surface area contributed by atoms with Gasteiger partial charge in [0.2, 0.25) is 0 Å². The quantitative estimate of drug-likeness (QED) is 0.768. The second-order valence-corrected chi connectivity index (χ2v) is 4.51. The lowest BCUT2D eigenvalue weighted by Gasteiger charge is -2.25. The average molecular weight is 243 g/mol. The third kappa shape index (κ3) is 1.77. The van der Waals surface area contributed by atoms with E-state index in [-0.39, 0.29) is 17.4 Å². The van der Waals surface area contributed by atoms with Crippen LogP contribution in [0.25, 0.3) is 0 Å². The summed E-state index contributed by atoms with van der Waals surface area (Å²) in [7, 11) is 0. The van der Waals surface area contributed by atoms with Crippen LogP contribution in [0.1, 0.15) is 26.3 Å². The van der Waals surface area contributed by atoms with Crippen molar-refractivity contribution >= 4 is 17.3 Å². The van der Waals surface area contributed by atoms with Gasteiger partial charge in [0.1, 0.15) is 0 Å². The lowest BCUT2D eigenvalue weighted by atomic mass is 10.1. The number of nitrogens with two attached hydrogens (primary N) is 1. The van der Waals surface area contributed by atoms with Crippen molar-refractivity contribution in [3.05, 3.63) is 23.0 Å². The zero-order chi connectivity index (χ0) is 11.9. The van der Waals surface area contributed by atoms with E-state index in [4.69, 9.17) is 26.8 Å². The van der Waals surface area contributed by atoms with Crippen LogP contribution < -0.4 is 5.73 Å². The Labute approximate surface area is 99.7 Å². The largest absolute Gasteiger partial charge is 0.396 e. The Morgan fingerprint density at radius 1 is 1.38 bits per heavy atom. The van der Waals surface area contributed by atoms with Crippen LogP contribution >= 0.6 is 11.6 Å². The molecule has 5 heteroatoms. The number of anilines is 1. The molecule has 1 aromatic rings. The van der Waals surface area contributed by atoms with Crippen LogP contribution in [0, 0.1) is 0 Å². The molecule has 4 nitrogen and oxygen atoms in total. The van der Waals surface area contributed by atoms with Crippen molar-refractivity contribution in [2.45, 2.75) is 38.8 Å². The molecule has 0 amide bonds. The lowest BCUT2D eigenvalue weighted by Crippen LogP contribution is -2.25. The monoisotopic (exact) mass is 242 g/mol. The van der Waals surface area contributed by atoms with E-state index in [0.717, 1.165) is 5.56 Å². The Kier molecular flexibility index (Phi) is 2.82. The van der Waals surface area contributed by atoms with Crippen LogP contribution in [-0.4, -0.2) is 17.2 Å². The maximum Gasteiger partial charge on any atom is 0.194 e. The summed E-state index contributed by atoms with van der Waals surface area (Å²) in [6.07, 6.45) is 1.65. The van der Waals surface area contributed by atoms with E-state index in [1.165, 1.54) is 0 Å². The minimum absolute atomic E-state index is 0.0244. The molecule has 0 bridgehead atoms. The van der Waals surface area contributed by atoms with Crippen molar-refractivity contribution in [3.8, 4) is 0 Å². The van der Waals surface area contributed by atoms with Gasteiger partial charge in [-0.05, 0) is 26.8 Å². The standard InChI is InChI=1S/C11H15ClN2O2/c1-6-7(2)16-11(3,15-6)8-4-5-14-10(12)9(8)13/h4-7H,13H2,1-3H3/t6-,7-/m1/s1. The summed E-state index contributed by atoms with van der Waals surface area (Å²) >= 11 is 5.88. The molecule has 1 aliphatic rings. The first-order chi connectivity index (χ1) is 7.44. The third-order valence-electron chi connectivity index (χ3n) is 2.91. The van der Waals surface area contributed by atoms with Gasteiger partial charge in [0.15, 0.2) is 10.9 Å². The molecule has 2 atom stereocenters. The summed E-state index contributed by atoms with van der Waals surface area (Å²) in [6.45, 7) is 5.78. The molecular weight excluding hydrogens is 228 g/mol. The Morgan fingerprint density at radius 3 is 2.50 bits per heavy atom. The van der Waals surface area contributed by atoms with Gasteiger partial charge in [0.25, 0.3) is 0 Å². The van der Waals surface area contributed by atoms with Gasteiger partial charge in [-0.1, -0.05) is 11.6 Å². The Hall–Kier alpha value is -0.840. The molecule has 0 radical (unpaired) electrons. The fourth-order valence-corrected chi connectivity index (χ4v) is 2.06. The highest BCUT2D eigenvalue weighted by Gasteiger charge is 2.42. The number of rotatable bonds is 1. The van der Waals surface area contributed by atoms with Crippen LogP contribution in [0.5, 0.6) is 0 Å². The molecule has 1 fully saturated rings. The molecule has 0 spiro atoms. The first kappa shape index (κ1) is 11.6. The first-order valence-electron chi connectivity index (χ1n) is 5.20. The van der Waals surface area contributed by atoms with Crippen molar-refractivity contribution in [2.75, 3.05) is 5.73 Å². The van der Waals surface area contributed by atoms with E-state index in [9.17, 15) is 0 Å². The molecule has 1 saturated heterocycles. The predicted molar refractivity (Wildman–Crippen MR) is 62.1 cm³/mol. The van der Waals surface area contributed by atoms with Crippen LogP contribution in [0.3, 0.4) is 0 Å². The molecule has 0 aromatic carbocycles. The van der Waals surface area contributed by atoms with Gasteiger partial charge in [-0.25, -0.2) is 4.98 Å². The number of aromatic nitrogens is 1. The molecular formula is C11H15ClN2O2. The number of nitrogen functional groups attached to an aromatic ring is 1. The highest BCUT2D eigenvalue weighted by Crippen LogP contribution is 2.40. The second kappa shape index (κ2) is 3.87. The van der Waals surface area contributed by atoms with Crippen molar-refractivity contribution in [3.63, 3.8) is 0 Å². The van der Waals surface area contributed by atoms with Crippen molar-refractivity contribution < 1.29 is 9.47 Å². The molecule has 2 rings (SSSR count). The van der Waals surface area contributed by atoms with Gasteiger partial charge in [-0.15, -0.1) is 0 Å². The Morgan fingerprint density at radius 2 is 1.94 bits per heavy atom. The van der Waals surface area contributed by atoms with Crippen molar-refractivity contribution in [1.82, 2.24) is 4.98 Å². The smallest absolute Gasteiger partial charge is 0.194 e. The van der Waals surface area contributed by atoms with E-state index in [2.05, 4.69) is 4.98 Å². The fourth-order valence-electron chi connectivity index (χ4n) is 1.90. The number of pyridine rings is 1. The van der Waals surface area contributed by atoms with E-state index in [1.807, 2.05) is 20.8 Å². The second-order valence-electron chi connectivity index (χ2n) is 4.15. The van der Waals surface area contributed by atoms with Gasteiger partial charge in [-0.2, -0.15) is 0 Å². The highest BCUT2D eigenvalue weighted by atomic mass is 35.5. The maximum absolute atomic E-state index is 5.88. The van der Waals surface area contributed by atoms with Crippen molar-refractivity contribution in [1.29, 1.82) is 0 Å². The number of halogens is 1. The van der Waals surface area contributed by atoms with Crippen molar-refractivity contribution in [2.24, 2.45) is 0 Å². The normalized spacial score (nSPS) is 28.2. The summed E-state index contributed by atoms with van der Waals surface area (Å²) in [6, 6.07) is 1.77. The summed E-state index contributed by atoms with van der Waals surface area (Å²) in [5, 5.41) is 0.276.